The van der Waals surface area contributed by atoms with Crippen LogP contribution in [0.15, 0.2) is 33.5 Å². The second-order valence-electron chi connectivity index (χ2n) is 8.04. The molecule has 1 fully saturated rings. The number of nitrogens with zero attached hydrogens (tertiary/aromatic N) is 4. The van der Waals surface area contributed by atoms with E-state index in [-0.39, 0.29) is 5.41 Å². The number of fused-ring (bicyclic) bond motifs is 2. The van der Waals surface area contributed by atoms with Crippen LogP contribution in [0, 0.1) is 13.8 Å². The number of nitrogens with one attached hydrogen (secondary N) is 1. The Balaban J connectivity index is 1.36. The maximum Gasteiger partial charge on any atom is 0.223 e. The van der Waals surface area contributed by atoms with Gasteiger partial charge in [-0.3, -0.25) is 4.90 Å². The first-order chi connectivity index (χ1) is 14.1. The smallest absolute Gasteiger partial charge is 0.223 e. The number of anilines is 1. The summed E-state index contributed by atoms with van der Waals surface area (Å²) in [6.07, 6.45) is 4.58. The molecule has 8 heteroatoms. The minimum Gasteiger partial charge on any atom is -0.467 e. The molecule has 8 nitrogen and oxygen atoms in total. The molecule has 2 aliphatic heterocycles. The summed E-state index contributed by atoms with van der Waals surface area (Å²) in [5, 5.41) is 7.36. The highest BCUT2D eigenvalue weighted by atomic mass is 16.5. The summed E-state index contributed by atoms with van der Waals surface area (Å²) in [4.78, 5) is 11.8. The number of rotatable bonds is 5. The lowest BCUT2D eigenvalue weighted by molar-refractivity contribution is 0.0503. The van der Waals surface area contributed by atoms with Crippen LogP contribution in [0.2, 0.25) is 0 Å². The Kier molecular flexibility index (Phi) is 4.60. The Hall–Kier alpha value is -2.71. The zero-order valence-electron chi connectivity index (χ0n) is 16.8. The van der Waals surface area contributed by atoms with Crippen molar-refractivity contribution in [3.63, 3.8) is 0 Å². The van der Waals surface area contributed by atoms with Crippen LogP contribution in [0.5, 0.6) is 0 Å². The van der Waals surface area contributed by atoms with E-state index in [0.29, 0.717) is 25.7 Å². The molecular formula is C21H25N5O3. The van der Waals surface area contributed by atoms with E-state index in [1.165, 1.54) is 5.56 Å². The van der Waals surface area contributed by atoms with E-state index in [9.17, 15) is 0 Å². The van der Waals surface area contributed by atoms with Gasteiger partial charge in [0, 0.05) is 30.4 Å². The molecule has 0 aliphatic carbocycles. The molecule has 1 spiro atoms. The van der Waals surface area contributed by atoms with Gasteiger partial charge in [-0.1, -0.05) is 5.16 Å². The van der Waals surface area contributed by atoms with Gasteiger partial charge in [-0.25, -0.2) is 9.97 Å². The predicted octanol–water partition coefficient (Wildman–Crippen LogP) is 2.96. The van der Waals surface area contributed by atoms with Gasteiger partial charge in [0.15, 0.2) is 0 Å². The Bertz CT molecular complexity index is 980. The second kappa shape index (κ2) is 7.27. The summed E-state index contributed by atoms with van der Waals surface area (Å²) in [5.41, 5.74) is 4.25. The van der Waals surface area contributed by atoms with Crippen molar-refractivity contribution >= 4 is 5.95 Å². The van der Waals surface area contributed by atoms with Crippen molar-refractivity contribution in [2.45, 2.75) is 45.4 Å². The van der Waals surface area contributed by atoms with Gasteiger partial charge in [0.1, 0.15) is 11.5 Å². The van der Waals surface area contributed by atoms with E-state index in [2.05, 4.69) is 20.4 Å². The van der Waals surface area contributed by atoms with Crippen LogP contribution in [0.4, 0.5) is 5.95 Å². The number of ether oxygens (including phenoxy) is 1. The van der Waals surface area contributed by atoms with E-state index in [1.807, 2.05) is 32.2 Å². The molecule has 0 bridgehead atoms. The number of aryl methyl sites for hydroxylation is 2. The number of hydrogen-bond donors (Lipinski definition) is 1. The fraction of sp³-hybridized carbons (Fsp3) is 0.476. The molecule has 1 saturated heterocycles. The molecule has 1 atom stereocenters. The number of aromatic nitrogens is 3. The lowest BCUT2D eigenvalue weighted by Crippen LogP contribution is -2.40. The van der Waals surface area contributed by atoms with Crippen molar-refractivity contribution in [3.05, 3.63) is 58.6 Å². The van der Waals surface area contributed by atoms with E-state index in [4.69, 9.17) is 18.7 Å². The minimum absolute atomic E-state index is 0.101. The van der Waals surface area contributed by atoms with E-state index in [0.717, 1.165) is 54.5 Å². The van der Waals surface area contributed by atoms with E-state index < -0.39 is 0 Å². The third-order valence-electron chi connectivity index (χ3n) is 6.00. The van der Waals surface area contributed by atoms with Crippen molar-refractivity contribution in [1.29, 1.82) is 0 Å². The molecule has 3 aromatic heterocycles. The Morgan fingerprint density at radius 1 is 1.31 bits per heavy atom. The highest BCUT2D eigenvalue weighted by Gasteiger charge is 2.45. The largest absolute Gasteiger partial charge is 0.467 e. The van der Waals surface area contributed by atoms with E-state index >= 15 is 0 Å². The third-order valence-corrected chi connectivity index (χ3v) is 6.00. The average Bonchev–Trinajstić information content (AvgIpc) is 3.46. The highest BCUT2D eigenvalue weighted by Crippen LogP contribution is 2.40. The monoisotopic (exact) mass is 395 g/mol. The van der Waals surface area contributed by atoms with Crippen LogP contribution in [-0.4, -0.2) is 39.7 Å². The predicted molar refractivity (Wildman–Crippen MR) is 105 cm³/mol. The molecule has 0 aromatic carbocycles. The molecule has 5 heterocycles. The normalized spacial score (nSPS) is 21.6. The maximum atomic E-state index is 5.95. The van der Waals surface area contributed by atoms with Gasteiger partial charge < -0.3 is 19.0 Å². The zero-order chi connectivity index (χ0) is 19.8. The molecule has 0 radical (unpaired) electrons. The van der Waals surface area contributed by atoms with Crippen LogP contribution in [-0.2, 0) is 29.8 Å². The topological polar surface area (TPSA) is 89.5 Å². The van der Waals surface area contributed by atoms with Crippen molar-refractivity contribution in [3.8, 4) is 0 Å². The second-order valence-corrected chi connectivity index (χ2v) is 8.04. The van der Waals surface area contributed by atoms with Crippen LogP contribution in [0.3, 0.4) is 0 Å². The zero-order valence-corrected chi connectivity index (χ0v) is 16.8. The molecule has 5 rings (SSSR count). The number of likely N-dealkylation sites (tertiary alicyclic amines) is 1. The molecule has 1 N–H and O–H groups in total. The molecule has 0 amide bonds. The summed E-state index contributed by atoms with van der Waals surface area (Å²) in [5.74, 6) is 2.39. The Morgan fingerprint density at radius 2 is 2.24 bits per heavy atom. The van der Waals surface area contributed by atoms with Crippen molar-refractivity contribution in [1.82, 2.24) is 20.0 Å². The first kappa shape index (κ1) is 18.3. The molecule has 1 unspecified atom stereocenters. The van der Waals surface area contributed by atoms with Crippen LogP contribution in [0.25, 0.3) is 0 Å². The van der Waals surface area contributed by atoms with Crippen LogP contribution in [0.1, 0.15) is 40.5 Å². The van der Waals surface area contributed by atoms with Gasteiger partial charge in [0.05, 0.1) is 42.8 Å². The Morgan fingerprint density at radius 3 is 3.03 bits per heavy atom. The summed E-state index contributed by atoms with van der Waals surface area (Å²) in [6.45, 7) is 8.53. The van der Waals surface area contributed by atoms with Crippen molar-refractivity contribution in [2.24, 2.45) is 0 Å². The van der Waals surface area contributed by atoms with Gasteiger partial charge in [-0.05, 0) is 38.9 Å². The highest BCUT2D eigenvalue weighted by molar-refractivity contribution is 5.37. The summed E-state index contributed by atoms with van der Waals surface area (Å²) in [7, 11) is 0. The van der Waals surface area contributed by atoms with Gasteiger partial charge in [0.25, 0.3) is 0 Å². The lowest BCUT2D eigenvalue weighted by atomic mass is 9.80. The van der Waals surface area contributed by atoms with Gasteiger partial charge >= 0.3 is 0 Å². The summed E-state index contributed by atoms with van der Waals surface area (Å²) in [6, 6.07) is 3.81. The summed E-state index contributed by atoms with van der Waals surface area (Å²) < 4.78 is 16.7. The van der Waals surface area contributed by atoms with Crippen molar-refractivity contribution < 1.29 is 13.7 Å². The molecule has 3 aromatic rings. The standard InChI is InChI=1S/C21H25N5O3/c1-14-18(15(2)29-25-14)10-26-6-5-21(12-26)13-27-11-16-8-22-20(24-19(16)21)23-9-17-4-3-7-28-17/h3-4,7-8H,5-6,9-13H2,1-2H3,(H,22,23,24). The average molecular weight is 395 g/mol. The third kappa shape index (κ3) is 3.42. The summed E-state index contributed by atoms with van der Waals surface area (Å²) >= 11 is 0. The van der Waals surface area contributed by atoms with Crippen LogP contribution < -0.4 is 5.32 Å². The van der Waals surface area contributed by atoms with Gasteiger partial charge in [-0.15, -0.1) is 0 Å². The molecule has 2 aliphatic rings. The number of furan rings is 1. The number of hydrogen-bond acceptors (Lipinski definition) is 8. The van der Waals surface area contributed by atoms with Gasteiger partial charge in [-0.2, -0.15) is 0 Å². The van der Waals surface area contributed by atoms with Crippen molar-refractivity contribution in [2.75, 3.05) is 25.0 Å². The molecule has 29 heavy (non-hydrogen) atoms. The molecular weight excluding hydrogens is 370 g/mol. The first-order valence-electron chi connectivity index (χ1n) is 9.97. The van der Waals surface area contributed by atoms with Crippen LogP contribution >= 0.6 is 0 Å². The Labute approximate surface area is 169 Å². The SMILES string of the molecule is Cc1noc(C)c1CN1CCC2(COCc3cnc(NCc4ccco4)nc32)C1. The van der Waals surface area contributed by atoms with E-state index in [1.54, 1.807) is 6.26 Å². The van der Waals surface area contributed by atoms with Gasteiger partial charge in [0.2, 0.25) is 5.95 Å². The first-order valence-corrected chi connectivity index (χ1v) is 9.97. The lowest BCUT2D eigenvalue weighted by Gasteiger charge is -2.34. The maximum absolute atomic E-state index is 5.95. The minimum atomic E-state index is -0.101. The quantitative estimate of drug-likeness (QED) is 0.705. The molecule has 152 valence electrons. The fourth-order valence-electron chi connectivity index (χ4n) is 4.42. The fourth-order valence-corrected chi connectivity index (χ4v) is 4.42. The molecule has 0 saturated carbocycles.